The Balaban J connectivity index is 0.00000342. The van der Waals surface area contributed by atoms with Gasteiger partial charge in [-0.2, -0.15) is 4.31 Å². The first-order valence-corrected chi connectivity index (χ1v) is 13.5. The fourth-order valence-electron chi connectivity index (χ4n) is 3.83. The van der Waals surface area contributed by atoms with Crippen LogP contribution in [0.2, 0.25) is 0 Å². The van der Waals surface area contributed by atoms with Gasteiger partial charge in [0.2, 0.25) is 10.0 Å². The zero-order valence-corrected chi connectivity index (χ0v) is 22.6. The lowest BCUT2D eigenvalue weighted by atomic mass is 10.2. The van der Waals surface area contributed by atoms with Crippen LogP contribution in [0.4, 0.5) is 5.13 Å². The van der Waals surface area contributed by atoms with Crippen molar-refractivity contribution in [2.24, 2.45) is 0 Å². The molecule has 0 aliphatic carbocycles. The van der Waals surface area contributed by atoms with Gasteiger partial charge >= 0.3 is 0 Å². The van der Waals surface area contributed by atoms with Crippen LogP contribution in [0.1, 0.15) is 22.3 Å². The molecule has 35 heavy (non-hydrogen) atoms. The summed E-state index contributed by atoms with van der Waals surface area (Å²) in [4.78, 5) is 22.2. The maximum atomic E-state index is 13.5. The van der Waals surface area contributed by atoms with Gasteiger partial charge in [0, 0.05) is 25.2 Å². The summed E-state index contributed by atoms with van der Waals surface area (Å²) in [7, 11) is 0.391. The minimum Gasteiger partial charge on any atom is -0.379 e. The van der Waals surface area contributed by atoms with Crippen molar-refractivity contribution < 1.29 is 17.9 Å². The van der Waals surface area contributed by atoms with E-state index in [9.17, 15) is 13.2 Å². The van der Waals surface area contributed by atoms with E-state index in [0.29, 0.717) is 43.5 Å². The molecule has 2 aromatic carbocycles. The molecular formula is C24H31ClN4O4S2. The van der Waals surface area contributed by atoms with Gasteiger partial charge in [0.1, 0.15) is 0 Å². The number of benzene rings is 2. The van der Waals surface area contributed by atoms with E-state index in [4.69, 9.17) is 9.72 Å². The fourth-order valence-corrected chi connectivity index (χ4v) is 6.32. The van der Waals surface area contributed by atoms with Gasteiger partial charge in [-0.15, -0.1) is 12.4 Å². The molecule has 1 aliphatic rings. The van der Waals surface area contributed by atoms with Crippen molar-refractivity contribution in [2.75, 3.05) is 58.4 Å². The molecule has 0 saturated carbocycles. The summed E-state index contributed by atoms with van der Waals surface area (Å²) in [6.07, 6.45) is 0.789. The average molecular weight is 539 g/mol. The van der Waals surface area contributed by atoms with Crippen LogP contribution < -0.4 is 4.90 Å². The Labute approximate surface area is 217 Å². The molecule has 8 nitrogen and oxygen atoms in total. The molecule has 1 aliphatic heterocycles. The highest BCUT2D eigenvalue weighted by atomic mass is 35.5. The Morgan fingerprint density at radius 2 is 1.77 bits per heavy atom. The number of hydrogen-bond donors (Lipinski definition) is 0. The number of anilines is 1. The number of aryl methyl sites for hydroxylation is 1. The lowest BCUT2D eigenvalue weighted by molar-refractivity contribution is 0.0730. The van der Waals surface area contributed by atoms with Crippen LogP contribution in [0.25, 0.3) is 10.2 Å². The Kier molecular flexibility index (Phi) is 9.25. The molecule has 190 valence electrons. The number of ether oxygens (including phenoxy) is 1. The summed E-state index contributed by atoms with van der Waals surface area (Å²) >= 11 is 1.49. The van der Waals surface area contributed by atoms with Crippen LogP contribution >= 0.6 is 23.7 Å². The van der Waals surface area contributed by atoms with Crippen molar-refractivity contribution in [3.05, 3.63) is 53.6 Å². The Hall–Kier alpha value is -2.08. The summed E-state index contributed by atoms with van der Waals surface area (Å²) in [6.45, 7) is 4.83. The van der Waals surface area contributed by atoms with Crippen molar-refractivity contribution in [1.29, 1.82) is 0 Å². The van der Waals surface area contributed by atoms with E-state index < -0.39 is 10.0 Å². The maximum Gasteiger partial charge on any atom is 0.260 e. The second kappa shape index (κ2) is 11.8. The second-order valence-electron chi connectivity index (χ2n) is 8.62. The number of carbonyl (C=O) groups excluding carboxylic acids is 1. The average Bonchev–Trinajstić information content (AvgIpc) is 3.24. The number of thiazole rings is 1. The van der Waals surface area contributed by atoms with Gasteiger partial charge in [-0.05, 0) is 75.9 Å². The van der Waals surface area contributed by atoms with E-state index in [1.54, 1.807) is 17.0 Å². The van der Waals surface area contributed by atoms with E-state index in [1.165, 1.54) is 27.8 Å². The summed E-state index contributed by atoms with van der Waals surface area (Å²) < 4.78 is 33.6. The van der Waals surface area contributed by atoms with Gasteiger partial charge < -0.3 is 9.64 Å². The molecular weight excluding hydrogens is 508 g/mol. The fraction of sp³-hybridized carbons (Fsp3) is 0.417. The third kappa shape index (κ3) is 6.38. The summed E-state index contributed by atoms with van der Waals surface area (Å²) in [5.41, 5.74) is 2.44. The van der Waals surface area contributed by atoms with Crippen molar-refractivity contribution in [3.63, 3.8) is 0 Å². The Morgan fingerprint density at radius 1 is 1.09 bits per heavy atom. The predicted molar refractivity (Wildman–Crippen MR) is 142 cm³/mol. The molecule has 0 radical (unpaired) electrons. The monoisotopic (exact) mass is 538 g/mol. The summed E-state index contributed by atoms with van der Waals surface area (Å²) in [6, 6.07) is 12.3. The quantitative estimate of drug-likeness (QED) is 0.435. The van der Waals surface area contributed by atoms with Crippen LogP contribution in [-0.4, -0.2) is 82.0 Å². The van der Waals surface area contributed by atoms with Crippen LogP contribution in [0, 0.1) is 6.92 Å². The molecule has 3 aromatic rings. The van der Waals surface area contributed by atoms with E-state index in [2.05, 4.69) is 11.0 Å². The molecule has 0 N–H and O–H groups in total. The first kappa shape index (κ1) is 27.5. The number of hydrogen-bond acceptors (Lipinski definition) is 7. The number of aromatic nitrogens is 1. The highest BCUT2D eigenvalue weighted by Crippen LogP contribution is 2.31. The second-order valence-corrected chi connectivity index (χ2v) is 11.6. The van der Waals surface area contributed by atoms with Crippen LogP contribution in [0.3, 0.4) is 0 Å². The molecule has 11 heteroatoms. The third-order valence-electron chi connectivity index (χ3n) is 5.70. The predicted octanol–water partition coefficient (Wildman–Crippen LogP) is 3.65. The number of halogens is 1. The normalized spacial score (nSPS) is 14.7. The van der Waals surface area contributed by atoms with Crippen molar-refractivity contribution in [2.45, 2.75) is 18.2 Å². The lowest BCUT2D eigenvalue weighted by Crippen LogP contribution is -2.40. The maximum absolute atomic E-state index is 13.5. The highest BCUT2D eigenvalue weighted by molar-refractivity contribution is 7.89. The number of rotatable bonds is 8. The van der Waals surface area contributed by atoms with Crippen LogP contribution in [-0.2, 0) is 14.8 Å². The van der Waals surface area contributed by atoms with Gasteiger partial charge in [0.15, 0.2) is 5.13 Å². The van der Waals surface area contributed by atoms with Gasteiger partial charge in [0.05, 0.1) is 28.3 Å². The van der Waals surface area contributed by atoms with Crippen molar-refractivity contribution >= 4 is 55.0 Å². The summed E-state index contributed by atoms with van der Waals surface area (Å²) in [5, 5.41) is 0.648. The number of nitrogens with zero attached hydrogens (tertiary/aromatic N) is 4. The minimum atomic E-state index is -3.61. The molecule has 0 spiro atoms. The van der Waals surface area contributed by atoms with Gasteiger partial charge in [-0.1, -0.05) is 17.4 Å². The number of amides is 1. The first-order chi connectivity index (χ1) is 16.3. The Bertz CT molecular complexity index is 1260. The number of fused-ring (bicyclic) bond motifs is 1. The highest BCUT2D eigenvalue weighted by Gasteiger charge is 2.27. The van der Waals surface area contributed by atoms with Crippen molar-refractivity contribution in [3.8, 4) is 0 Å². The van der Waals surface area contributed by atoms with Gasteiger partial charge in [0.25, 0.3) is 5.91 Å². The molecule has 1 fully saturated rings. The van der Waals surface area contributed by atoms with E-state index in [0.717, 1.165) is 28.7 Å². The first-order valence-electron chi connectivity index (χ1n) is 11.3. The molecule has 1 saturated heterocycles. The minimum absolute atomic E-state index is 0. The van der Waals surface area contributed by atoms with E-state index in [-0.39, 0.29) is 23.2 Å². The van der Waals surface area contributed by atoms with E-state index in [1.807, 2.05) is 33.2 Å². The van der Waals surface area contributed by atoms with Crippen LogP contribution in [0.5, 0.6) is 0 Å². The molecule has 4 rings (SSSR count). The molecule has 1 aromatic heterocycles. The standard InChI is InChI=1S/C24H30N4O4S2.ClH/c1-18-5-10-21-22(17-18)33-24(25-21)28(12-4-11-26(2)3)23(29)19-6-8-20(9-7-19)34(30,31)27-13-15-32-16-14-27;/h5-10,17H,4,11-16H2,1-3H3;1H. The van der Waals surface area contributed by atoms with Gasteiger partial charge in [-0.25, -0.2) is 13.4 Å². The third-order valence-corrected chi connectivity index (χ3v) is 8.66. The largest absolute Gasteiger partial charge is 0.379 e. The smallest absolute Gasteiger partial charge is 0.260 e. The zero-order chi connectivity index (χ0) is 24.3. The lowest BCUT2D eigenvalue weighted by Gasteiger charge is -2.26. The Morgan fingerprint density at radius 3 is 2.43 bits per heavy atom. The molecule has 1 amide bonds. The van der Waals surface area contributed by atoms with E-state index >= 15 is 0 Å². The van der Waals surface area contributed by atoms with Gasteiger partial charge in [-0.3, -0.25) is 9.69 Å². The number of morpholine rings is 1. The summed E-state index contributed by atoms with van der Waals surface area (Å²) in [5.74, 6) is -0.190. The molecule has 2 heterocycles. The number of carbonyl (C=O) groups is 1. The zero-order valence-electron chi connectivity index (χ0n) is 20.1. The number of sulfonamides is 1. The van der Waals surface area contributed by atoms with Crippen LogP contribution in [0.15, 0.2) is 47.4 Å². The molecule has 0 unspecified atom stereocenters. The van der Waals surface area contributed by atoms with Crippen molar-refractivity contribution in [1.82, 2.24) is 14.2 Å². The molecule has 0 atom stereocenters. The topological polar surface area (TPSA) is 83.1 Å². The molecule has 0 bridgehead atoms. The SMILES string of the molecule is Cc1ccc2nc(N(CCCN(C)C)C(=O)c3ccc(S(=O)(=O)N4CCOCC4)cc3)sc2c1.Cl.